The van der Waals surface area contributed by atoms with Crippen molar-refractivity contribution >= 4 is 39.8 Å². The van der Waals surface area contributed by atoms with Gasteiger partial charge in [-0.15, -0.1) is 0 Å². The second-order valence-electron chi connectivity index (χ2n) is 7.45. The van der Waals surface area contributed by atoms with Crippen LogP contribution in [0.3, 0.4) is 0 Å². The van der Waals surface area contributed by atoms with Crippen molar-refractivity contribution in [2.24, 2.45) is 10.7 Å². The molecule has 0 spiro atoms. The highest BCUT2D eigenvalue weighted by Gasteiger charge is 2.20. The molecule has 2 aromatic carbocycles. The lowest BCUT2D eigenvalue weighted by Crippen LogP contribution is -2.36. The fraction of sp³-hybridized carbons (Fsp3) is 0.217. The van der Waals surface area contributed by atoms with Crippen LogP contribution in [0.2, 0.25) is 0 Å². The molecule has 8 heteroatoms. The number of aromatic nitrogens is 3. The molecule has 1 fully saturated rings. The zero-order valence-electron chi connectivity index (χ0n) is 17.2. The number of anilines is 1. The predicted octanol–water partition coefficient (Wildman–Crippen LogP) is 3.03. The highest BCUT2D eigenvalue weighted by molar-refractivity contribution is 6.11. The molecule has 0 bridgehead atoms. The molecule has 4 aromatic rings. The maximum Gasteiger partial charge on any atom is 0.134 e. The Morgan fingerprint density at radius 3 is 2.81 bits per heavy atom. The molecule has 0 unspecified atom stereocenters. The molecule has 0 radical (unpaired) electrons. The van der Waals surface area contributed by atoms with E-state index in [1.165, 1.54) is 0 Å². The van der Waals surface area contributed by atoms with E-state index in [0.717, 1.165) is 64.1 Å². The zero-order chi connectivity index (χ0) is 21.4. The van der Waals surface area contributed by atoms with Crippen LogP contribution in [-0.4, -0.2) is 53.0 Å². The normalized spacial score (nSPS) is 15.0. The molecule has 3 N–H and O–H groups in total. The van der Waals surface area contributed by atoms with Crippen molar-refractivity contribution in [1.82, 2.24) is 14.5 Å². The number of nitrogens with two attached hydrogens (primary N) is 1. The number of benzene rings is 2. The van der Waals surface area contributed by atoms with Gasteiger partial charge in [-0.1, -0.05) is 18.2 Å². The zero-order valence-corrected chi connectivity index (χ0v) is 17.2. The van der Waals surface area contributed by atoms with Crippen LogP contribution in [0, 0.1) is 12.3 Å². The summed E-state index contributed by atoms with van der Waals surface area (Å²) >= 11 is 0. The Morgan fingerprint density at radius 1 is 1.19 bits per heavy atom. The molecule has 156 valence electrons. The molecule has 1 aliphatic heterocycles. The Bertz CT molecular complexity index is 1310. The van der Waals surface area contributed by atoms with Crippen LogP contribution in [0.4, 0.5) is 5.69 Å². The lowest BCUT2D eigenvalue weighted by molar-refractivity contribution is 0.122. The van der Waals surface area contributed by atoms with Gasteiger partial charge < -0.3 is 15.4 Å². The number of ether oxygens (including phenoxy) is 1. The summed E-state index contributed by atoms with van der Waals surface area (Å²) in [6.07, 6.45) is 2.78. The number of imidazole rings is 1. The van der Waals surface area contributed by atoms with Crippen LogP contribution in [0.25, 0.3) is 27.6 Å². The number of rotatable bonds is 4. The van der Waals surface area contributed by atoms with E-state index in [9.17, 15) is 0 Å². The van der Waals surface area contributed by atoms with E-state index in [2.05, 4.69) is 31.6 Å². The Kier molecular flexibility index (Phi) is 4.83. The smallest absolute Gasteiger partial charge is 0.134 e. The predicted molar refractivity (Wildman–Crippen MR) is 124 cm³/mol. The van der Waals surface area contributed by atoms with E-state index < -0.39 is 0 Å². The molecule has 0 aliphatic carbocycles. The standard InChI is InChI=1S/C23H23N7O/c1-15-28-22-18(23(25)27-14-24)12-16(29-8-10-31-11-9-29)13-21(22)30(15)20-6-7-26-19-5-3-2-4-17(19)20/h2-7,12-14H,8-11H2,1H3,(H3,24,25,27). The van der Waals surface area contributed by atoms with Crippen LogP contribution >= 0.6 is 0 Å². The number of aliphatic imine (C=N–C) groups is 1. The molecular weight excluding hydrogens is 390 g/mol. The van der Waals surface area contributed by atoms with Gasteiger partial charge in [-0.25, -0.2) is 9.98 Å². The number of nitrogens with one attached hydrogen (secondary N) is 1. The molecule has 2 aromatic heterocycles. The van der Waals surface area contributed by atoms with Gasteiger partial charge in [0, 0.05) is 35.9 Å². The van der Waals surface area contributed by atoms with Crippen LogP contribution in [0.5, 0.6) is 0 Å². The minimum Gasteiger partial charge on any atom is -0.383 e. The maximum absolute atomic E-state index is 7.36. The first-order valence-corrected chi connectivity index (χ1v) is 10.2. The van der Waals surface area contributed by atoms with Gasteiger partial charge in [-0.2, -0.15) is 0 Å². The summed E-state index contributed by atoms with van der Waals surface area (Å²) in [7, 11) is 0. The van der Waals surface area contributed by atoms with Gasteiger partial charge >= 0.3 is 0 Å². The topological polar surface area (TPSA) is 105 Å². The monoisotopic (exact) mass is 413 g/mol. The largest absolute Gasteiger partial charge is 0.383 e. The Morgan fingerprint density at radius 2 is 2.00 bits per heavy atom. The van der Waals surface area contributed by atoms with E-state index in [4.69, 9.17) is 20.9 Å². The Labute approximate surface area is 179 Å². The first kappa shape index (κ1) is 19.2. The third kappa shape index (κ3) is 3.30. The minimum absolute atomic E-state index is 0.277. The molecule has 0 atom stereocenters. The minimum atomic E-state index is 0.277. The van der Waals surface area contributed by atoms with Gasteiger partial charge in [0.1, 0.15) is 23.5 Å². The molecule has 0 amide bonds. The lowest BCUT2D eigenvalue weighted by Gasteiger charge is -2.29. The second-order valence-corrected chi connectivity index (χ2v) is 7.45. The summed E-state index contributed by atoms with van der Waals surface area (Å²) in [4.78, 5) is 15.7. The van der Waals surface area contributed by atoms with E-state index in [-0.39, 0.29) is 5.84 Å². The third-order valence-electron chi connectivity index (χ3n) is 5.64. The van der Waals surface area contributed by atoms with Crippen molar-refractivity contribution in [1.29, 1.82) is 5.41 Å². The van der Waals surface area contributed by atoms with Crippen molar-refractivity contribution in [3.05, 3.63) is 60.0 Å². The number of hydrogen-bond donors (Lipinski definition) is 2. The molecule has 0 saturated carbocycles. The summed E-state index contributed by atoms with van der Waals surface area (Å²) in [5.41, 5.74) is 11.7. The van der Waals surface area contributed by atoms with E-state index >= 15 is 0 Å². The summed E-state index contributed by atoms with van der Waals surface area (Å²) in [6.45, 7) is 4.96. The fourth-order valence-electron chi connectivity index (χ4n) is 4.20. The van der Waals surface area contributed by atoms with E-state index in [1.54, 1.807) is 0 Å². The van der Waals surface area contributed by atoms with Crippen LogP contribution < -0.4 is 10.6 Å². The summed E-state index contributed by atoms with van der Waals surface area (Å²) in [6, 6.07) is 14.2. The number of pyridine rings is 1. The molecule has 8 nitrogen and oxygen atoms in total. The average molecular weight is 413 g/mol. The van der Waals surface area contributed by atoms with Crippen molar-refractivity contribution in [3.63, 3.8) is 0 Å². The fourth-order valence-corrected chi connectivity index (χ4v) is 4.20. The van der Waals surface area contributed by atoms with Gasteiger partial charge in [-0.05, 0) is 31.2 Å². The third-order valence-corrected chi connectivity index (χ3v) is 5.64. The van der Waals surface area contributed by atoms with Gasteiger partial charge in [0.25, 0.3) is 0 Å². The van der Waals surface area contributed by atoms with Crippen LogP contribution in [0.15, 0.2) is 53.7 Å². The van der Waals surface area contributed by atoms with Gasteiger partial charge in [0.2, 0.25) is 0 Å². The number of para-hydroxylation sites is 1. The first-order chi connectivity index (χ1) is 15.2. The highest BCUT2D eigenvalue weighted by Crippen LogP contribution is 2.32. The number of nitrogens with zero attached hydrogens (tertiary/aromatic N) is 5. The number of morpholine rings is 1. The summed E-state index contributed by atoms with van der Waals surface area (Å²) in [5, 5.41) is 8.41. The highest BCUT2D eigenvalue weighted by atomic mass is 16.5. The van der Waals surface area contributed by atoms with Gasteiger partial charge in [-0.3, -0.25) is 15.0 Å². The Balaban J connectivity index is 1.81. The molecule has 1 saturated heterocycles. The number of aryl methyl sites for hydroxylation is 1. The number of hydrogen-bond acceptors (Lipinski definition) is 5. The van der Waals surface area contributed by atoms with Gasteiger partial charge in [0.15, 0.2) is 0 Å². The van der Waals surface area contributed by atoms with Crippen molar-refractivity contribution < 1.29 is 4.74 Å². The van der Waals surface area contributed by atoms with Crippen molar-refractivity contribution in [2.75, 3.05) is 31.2 Å². The lowest BCUT2D eigenvalue weighted by atomic mass is 10.1. The van der Waals surface area contributed by atoms with E-state index in [1.807, 2.05) is 43.5 Å². The van der Waals surface area contributed by atoms with Crippen LogP contribution in [0.1, 0.15) is 11.4 Å². The van der Waals surface area contributed by atoms with Gasteiger partial charge in [0.05, 0.1) is 29.9 Å². The van der Waals surface area contributed by atoms with Crippen molar-refractivity contribution in [3.8, 4) is 5.69 Å². The van der Waals surface area contributed by atoms with E-state index in [0.29, 0.717) is 13.2 Å². The molecule has 31 heavy (non-hydrogen) atoms. The quantitative estimate of drug-likeness (QED) is 0.395. The number of amidine groups is 1. The molecule has 3 heterocycles. The number of fused-ring (bicyclic) bond motifs is 2. The summed E-state index contributed by atoms with van der Waals surface area (Å²) < 4.78 is 7.67. The second kappa shape index (κ2) is 7.81. The van der Waals surface area contributed by atoms with Crippen molar-refractivity contribution in [2.45, 2.75) is 6.92 Å². The SMILES string of the molecule is Cc1nc2c(C(N)=NC=N)cc(N3CCOCC3)cc2n1-c1ccnc2ccccc12. The molecular formula is C23H23N7O. The van der Waals surface area contributed by atoms with Crippen LogP contribution in [-0.2, 0) is 4.74 Å². The summed E-state index contributed by atoms with van der Waals surface area (Å²) in [5.74, 6) is 1.12. The molecule has 1 aliphatic rings. The first-order valence-electron chi connectivity index (χ1n) is 10.2. The maximum atomic E-state index is 7.36. The molecule has 5 rings (SSSR count). The Hall–Kier alpha value is -3.78. The average Bonchev–Trinajstić information content (AvgIpc) is 3.14.